The van der Waals surface area contributed by atoms with Crippen molar-refractivity contribution >= 4 is 24.1 Å². The maximum atomic E-state index is 14.1. The number of nitrogens with zero attached hydrogens (tertiary/aromatic N) is 3. The van der Waals surface area contributed by atoms with E-state index in [0.717, 1.165) is 12.0 Å². The molecule has 0 aliphatic carbocycles. The third-order valence-electron chi connectivity index (χ3n) is 10.4. The first-order chi connectivity index (χ1) is 24.9. The Morgan fingerprint density at radius 2 is 1.53 bits per heavy atom. The summed E-state index contributed by atoms with van der Waals surface area (Å²) in [7, 11) is 8.61. The van der Waals surface area contributed by atoms with E-state index in [-0.39, 0.29) is 79.0 Å². The quantitative estimate of drug-likeness (QED) is 0.163. The number of aliphatic hydroxyl groups is 1. The molecule has 306 valence electrons. The molecule has 1 aliphatic heterocycles. The topological polar surface area (TPSA) is 181 Å². The molecular weight excluding hydrogens is 676 g/mol. The fraction of sp³-hybridized carbons (Fsp3) is 0.750. The highest BCUT2D eigenvalue weighted by Gasteiger charge is 2.45. The number of carbonyl (C=O) groups excluding carboxylic acids is 4. The minimum atomic E-state index is -0.686. The molecule has 13 nitrogen and oxygen atoms in total. The van der Waals surface area contributed by atoms with Gasteiger partial charge in [0.25, 0.3) is 0 Å². The first-order valence-electron chi connectivity index (χ1n) is 19.2. The number of aliphatic hydroxyl groups excluding tert-OH is 1. The number of carbonyl (C=O) groups is 4. The molecule has 0 bridgehead atoms. The van der Waals surface area contributed by atoms with Crippen molar-refractivity contribution in [1.82, 2.24) is 20.0 Å². The summed E-state index contributed by atoms with van der Waals surface area (Å²) >= 11 is 0. The maximum Gasteiger partial charge on any atom is 0.242 e. The largest absolute Gasteiger partial charge is 0.388 e. The standard InChI is InChI=1S/C36H63N5O6.C3H8.CH3NO/c1-12-23(4)33(40(9)31(43)21-38-36(45)32(22(2)3)39(7)8)28(46-10)20-30(42)41-27(18-19-29(41)37)35(47-11)25(6)24(5)34(44)26-16-14-13-15-17-26;1-3-2;2-1-3/h13-17,22-25,27-29,32-35,44H,12,18-21,37H2,1-11H3,(H,38,45);3H2,1-2H3;1H,(H2,2,3). The molecule has 1 heterocycles. The fourth-order valence-electron chi connectivity index (χ4n) is 7.37. The van der Waals surface area contributed by atoms with Gasteiger partial charge in [-0.1, -0.05) is 98.6 Å². The molecule has 1 aromatic carbocycles. The highest BCUT2D eigenvalue weighted by molar-refractivity contribution is 5.87. The molecule has 0 spiro atoms. The molecule has 1 aliphatic rings. The number of rotatable bonds is 18. The lowest BCUT2D eigenvalue weighted by Gasteiger charge is -2.41. The normalized spacial score (nSPS) is 20.0. The summed E-state index contributed by atoms with van der Waals surface area (Å²) in [6.45, 7) is 16.2. The van der Waals surface area contributed by atoms with Crippen LogP contribution in [0.5, 0.6) is 0 Å². The van der Waals surface area contributed by atoms with Gasteiger partial charge in [-0.05, 0) is 56.2 Å². The number of ether oxygens (including phenoxy) is 2. The van der Waals surface area contributed by atoms with E-state index in [9.17, 15) is 19.5 Å². The van der Waals surface area contributed by atoms with E-state index in [4.69, 9.17) is 20.0 Å². The van der Waals surface area contributed by atoms with Gasteiger partial charge in [0.1, 0.15) is 0 Å². The van der Waals surface area contributed by atoms with Gasteiger partial charge in [-0.15, -0.1) is 0 Å². The Labute approximate surface area is 320 Å². The van der Waals surface area contributed by atoms with Crippen LogP contribution < -0.4 is 16.8 Å². The number of nitrogens with two attached hydrogens (primary N) is 2. The molecule has 1 fully saturated rings. The molecule has 1 saturated heterocycles. The van der Waals surface area contributed by atoms with Crippen molar-refractivity contribution in [2.24, 2.45) is 35.1 Å². The average molecular weight is 751 g/mol. The molecule has 13 heteroatoms. The number of nitrogens with one attached hydrogen (secondary N) is 1. The molecule has 10 unspecified atom stereocenters. The minimum Gasteiger partial charge on any atom is -0.388 e. The van der Waals surface area contributed by atoms with Crippen LogP contribution in [0.4, 0.5) is 0 Å². The first kappa shape index (κ1) is 49.9. The zero-order valence-corrected chi connectivity index (χ0v) is 35.0. The summed E-state index contributed by atoms with van der Waals surface area (Å²) in [4.78, 5) is 54.3. The van der Waals surface area contributed by atoms with Gasteiger partial charge in [0, 0.05) is 21.3 Å². The summed E-state index contributed by atoms with van der Waals surface area (Å²) in [6, 6.07) is 8.52. The Balaban J connectivity index is 0.00000420. The number of hydrogen-bond donors (Lipinski definition) is 4. The SMILES string of the molecule is CCC.CCC(C)C(C(CC(=O)N1C(N)CCC1C(OC)C(C)C(C)C(O)c1ccccc1)OC)N(C)C(=O)CNC(=O)C(C(C)C)N(C)C.NC=O. The molecule has 53 heavy (non-hydrogen) atoms. The molecule has 2 rings (SSSR count). The van der Waals surface area contributed by atoms with Gasteiger partial charge in [0.2, 0.25) is 24.1 Å². The number of amides is 4. The van der Waals surface area contributed by atoms with Crippen LogP contribution in [0, 0.1) is 23.7 Å². The summed E-state index contributed by atoms with van der Waals surface area (Å²) in [6.07, 6.45) is 1.49. The zero-order chi connectivity index (χ0) is 41.0. The van der Waals surface area contributed by atoms with Crippen molar-refractivity contribution in [3.05, 3.63) is 35.9 Å². The lowest BCUT2D eigenvalue weighted by molar-refractivity contribution is -0.146. The van der Waals surface area contributed by atoms with Crippen molar-refractivity contribution in [1.29, 1.82) is 0 Å². The van der Waals surface area contributed by atoms with Crippen molar-refractivity contribution in [3.8, 4) is 0 Å². The van der Waals surface area contributed by atoms with Crippen LogP contribution in [-0.4, -0.2) is 122 Å². The molecular formula is C40H74N6O7. The second-order valence-electron chi connectivity index (χ2n) is 14.9. The summed E-state index contributed by atoms with van der Waals surface area (Å²) in [5, 5.41) is 14.0. The van der Waals surface area contributed by atoms with Crippen molar-refractivity contribution in [2.45, 2.75) is 130 Å². The van der Waals surface area contributed by atoms with Crippen LogP contribution >= 0.6 is 0 Å². The second-order valence-corrected chi connectivity index (χ2v) is 14.9. The average Bonchev–Trinajstić information content (AvgIpc) is 3.50. The summed E-state index contributed by atoms with van der Waals surface area (Å²) in [5.74, 6) is -0.766. The smallest absolute Gasteiger partial charge is 0.242 e. The van der Waals surface area contributed by atoms with Crippen LogP contribution in [0.25, 0.3) is 0 Å². The number of likely N-dealkylation sites (tertiary alicyclic amines) is 1. The monoisotopic (exact) mass is 751 g/mol. The van der Waals surface area contributed by atoms with Gasteiger partial charge in [-0.2, -0.15) is 0 Å². The van der Waals surface area contributed by atoms with E-state index in [1.165, 1.54) is 6.42 Å². The van der Waals surface area contributed by atoms with Crippen molar-refractivity contribution < 1.29 is 33.8 Å². The second kappa shape index (κ2) is 25.8. The Morgan fingerprint density at radius 3 is 1.98 bits per heavy atom. The van der Waals surface area contributed by atoms with Crippen LogP contribution in [-0.2, 0) is 28.7 Å². The lowest BCUT2D eigenvalue weighted by atomic mass is 9.80. The summed E-state index contributed by atoms with van der Waals surface area (Å²) < 4.78 is 12.0. The Kier molecular flexibility index (Phi) is 24.3. The predicted molar refractivity (Wildman–Crippen MR) is 211 cm³/mol. The van der Waals surface area contributed by atoms with E-state index in [2.05, 4.69) is 31.8 Å². The highest BCUT2D eigenvalue weighted by atomic mass is 16.5. The van der Waals surface area contributed by atoms with Gasteiger partial charge in [0.15, 0.2) is 0 Å². The Bertz CT molecular complexity index is 1180. The molecule has 6 N–H and O–H groups in total. The minimum absolute atomic E-state index is 0.0118. The van der Waals surface area contributed by atoms with Gasteiger partial charge >= 0.3 is 0 Å². The maximum absolute atomic E-state index is 14.1. The number of benzene rings is 1. The van der Waals surface area contributed by atoms with Crippen LogP contribution in [0.3, 0.4) is 0 Å². The van der Waals surface area contributed by atoms with Gasteiger partial charge in [-0.25, -0.2) is 0 Å². The van der Waals surface area contributed by atoms with Crippen molar-refractivity contribution in [2.75, 3.05) is 41.9 Å². The van der Waals surface area contributed by atoms with E-state index in [1.807, 2.05) is 83.9 Å². The van der Waals surface area contributed by atoms with Crippen LogP contribution in [0.15, 0.2) is 30.3 Å². The van der Waals surface area contributed by atoms with E-state index >= 15 is 0 Å². The molecule has 0 radical (unpaired) electrons. The number of likely N-dealkylation sites (N-methyl/N-ethyl adjacent to an activating group) is 2. The van der Waals surface area contributed by atoms with Crippen LogP contribution in [0.1, 0.15) is 99.2 Å². The summed E-state index contributed by atoms with van der Waals surface area (Å²) in [5.41, 5.74) is 11.6. The first-order valence-corrected chi connectivity index (χ1v) is 19.2. The number of methoxy groups -OCH3 is 2. The molecule has 4 amide bonds. The third kappa shape index (κ3) is 14.9. The van der Waals surface area contributed by atoms with Gasteiger partial charge < -0.3 is 41.2 Å². The van der Waals surface area contributed by atoms with E-state index in [1.54, 1.807) is 31.1 Å². The van der Waals surface area contributed by atoms with Gasteiger partial charge in [0.05, 0.1) is 55.6 Å². The third-order valence-corrected chi connectivity index (χ3v) is 10.4. The molecule has 0 aromatic heterocycles. The Morgan fingerprint density at radius 1 is 0.981 bits per heavy atom. The molecule has 10 atom stereocenters. The zero-order valence-electron chi connectivity index (χ0n) is 35.0. The Hall–Kier alpha value is -3.10. The molecule has 0 saturated carbocycles. The predicted octanol–water partition coefficient (Wildman–Crippen LogP) is 3.78. The molecule has 1 aromatic rings. The van der Waals surface area contributed by atoms with Crippen LogP contribution in [0.2, 0.25) is 0 Å². The highest BCUT2D eigenvalue weighted by Crippen LogP contribution is 2.36. The van der Waals surface area contributed by atoms with Crippen molar-refractivity contribution in [3.63, 3.8) is 0 Å². The number of hydrogen-bond acceptors (Lipinski definition) is 9. The lowest BCUT2D eigenvalue weighted by Crippen LogP contribution is -2.56. The van der Waals surface area contributed by atoms with E-state index in [0.29, 0.717) is 12.8 Å². The number of primary amides is 1. The van der Waals surface area contributed by atoms with E-state index < -0.39 is 24.4 Å². The fourth-order valence-corrected chi connectivity index (χ4v) is 7.37. The van der Waals surface area contributed by atoms with Gasteiger partial charge in [-0.3, -0.25) is 24.1 Å².